The molecule has 1 aliphatic rings. The normalized spacial score (nSPS) is 13.3. The van der Waals surface area contributed by atoms with Gasteiger partial charge < -0.3 is 0 Å². The average molecular weight is 623 g/mol. The predicted molar refractivity (Wildman–Crippen MR) is 210 cm³/mol. The monoisotopic (exact) mass is 622 g/mol. The lowest BCUT2D eigenvalue weighted by atomic mass is 9.80. The zero-order valence-corrected chi connectivity index (χ0v) is 27.7. The summed E-state index contributed by atoms with van der Waals surface area (Å²) in [5.74, 6) is 0. The van der Waals surface area contributed by atoms with Gasteiger partial charge in [-0.2, -0.15) is 0 Å². The summed E-state index contributed by atoms with van der Waals surface area (Å²) < 4.78 is 0. The summed E-state index contributed by atoms with van der Waals surface area (Å²) in [6.45, 7) is 4.79. The molecule has 230 valence electrons. The van der Waals surface area contributed by atoms with Gasteiger partial charge in [-0.25, -0.2) is 0 Å². The molecular weight excluding hydrogens is 589 g/mol. The molecule has 0 fully saturated rings. The van der Waals surface area contributed by atoms with Crippen LogP contribution in [0.2, 0.25) is 0 Å². The van der Waals surface area contributed by atoms with Crippen molar-refractivity contribution in [3.05, 3.63) is 181 Å². The molecule has 0 saturated carbocycles. The molecule has 0 atom stereocenters. The zero-order chi connectivity index (χ0) is 32.7. The Morgan fingerprint density at radius 1 is 0.286 bits per heavy atom. The van der Waals surface area contributed by atoms with Crippen LogP contribution in [0.25, 0.3) is 87.6 Å². The Morgan fingerprint density at radius 2 is 0.755 bits per heavy atom. The van der Waals surface area contributed by atoms with Gasteiger partial charge in [0.05, 0.1) is 0 Å². The minimum absolute atomic E-state index is 0.139. The Hall–Kier alpha value is -5.98. The standard InChI is InChI=1S/C49H34/c1-49(2)47-29-36(35-20-19-31-11-3-4-12-32(31)25-35)21-23-42(47)43-24-22-38(30-48(43)49)44-26-33-13-5-6-14-34(33)27-46(44)45-28-37-15-7-8-16-39(37)40-17-9-10-18-41(40)45/h3-30H,1-2H3. The van der Waals surface area contributed by atoms with Crippen LogP contribution in [0.15, 0.2) is 170 Å². The van der Waals surface area contributed by atoms with Crippen LogP contribution in [0, 0.1) is 0 Å². The summed E-state index contributed by atoms with van der Waals surface area (Å²) in [5, 5.41) is 10.2. The molecule has 0 aliphatic heterocycles. The SMILES string of the molecule is CC1(C)c2cc(-c3ccc4ccccc4c3)ccc2-c2ccc(-c3cc4ccccc4cc3-c3cc4ccccc4c4ccccc34)cc21. The molecule has 49 heavy (non-hydrogen) atoms. The van der Waals surface area contributed by atoms with Gasteiger partial charge in [0.1, 0.15) is 0 Å². The Kier molecular flexibility index (Phi) is 6.02. The number of rotatable bonds is 3. The topological polar surface area (TPSA) is 0 Å². The van der Waals surface area contributed by atoms with Gasteiger partial charge >= 0.3 is 0 Å². The van der Waals surface area contributed by atoms with Gasteiger partial charge in [0.2, 0.25) is 0 Å². The van der Waals surface area contributed by atoms with E-state index in [9.17, 15) is 0 Å². The molecule has 10 rings (SSSR count). The van der Waals surface area contributed by atoms with Gasteiger partial charge in [0.25, 0.3) is 0 Å². The van der Waals surface area contributed by atoms with E-state index in [-0.39, 0.29) is 5.41 Å². The fourth-order valence-electron chi connectivity index (χ4n) is 8.43. The highest BCUT2D eigenvalue weighted by Crippen LogP contribution is 2.51. The van der Waals surface area contributed by atoms with E-state index in [1.165, 1.54) is 98.7 Å². The van der Waals surface area contributed by atoms with Crippen LogP contribution < -0.4 is 0 Å². The molecule has 9 aromatic carbocycles. The molecule has 1 aliphatic carbocycles. The maximum Gasteiger partial charge on any atom is 0.0159 e. The van der Waals surface area contributed by atoms with E-state index in [0.29, 0.717) is 0 Å². The van der Waals surface area contributed by atoms with Crippen LogP contribution >= 0.6 is 0 Å². The molecule has 0 spiro atoms. The second kappa shape index (κ2) is 10.5. The van der Waals surface area contributed by atoms with Crippen molar-refractivity contribution in [3.63, 3.8) is 0 Å². The van der Waals surface area contributed by atoms with Crippen molar-refractivity contribution in [1.29, 1.82) is 0 Å². The lowest BCUT2D eigenvalue weighted by molar-refractivity contribution is 0.661. The highest BCUT2D eigenvalue weighted by Gasteiger charge is 2.36. The summed E-state index contributed by atoms with van der Waals surface area (Å²) in [6, 6.07) is 63.3. The van der Waals surface area contributed by atoms with Crippen LogP contribution in [-0.2, 0) is 5.41 Å². The second-order valence-corrected chi connectivity index (χ2v) is 14.1. The van der Waals surface area contributed by atoms with Gasteiger partial charge in [-0.05, 0) is 135 Å². The van der Waals surface area contributed by atoms with E-state index in [4.69, 9.17) is 0 Å². The summed E-state index contributed by atoms with van der Waals surface area (Å²) in [5.41, 5.74) is 12.9. The van der Waals surface area contributed by atoms with E-state index >= 15 is 0 Å². The summed E-state index contributed by atoms with van der Waals surface area (Å²) in [7, 11) is 0. The van der Waals surface area contributed by atoms with Gasteiger partial charge in [0.15, 0.2) is 0 Å². The van der Waals surface area contributed by atoms with E-state index in [0.717, 1.165) is 0 Å². The second-order valence-electron chi connectivity index (χ2n) is 14.1. The van der Waals surface area contributed by atoms with E-state index in [1.807, 2.05) is 0 Å². The fourth-order valence-corrected chi connectivity index (χ4v) is 8.43. The first-order valence-electron chi connectivity index (χ1n) is 17.3. The highest BCUT2D eigenvalue weighted by atomic mass is 14.4. The lowest BCUT2D eigenvalue weighted by Gasteiger charge is -2.23. The van der Waals surface area contributed by atoms with Crippen molar-refractivity contribution in [3.8, 4) is 44.5 Å². The molecule has 0 saturated heterocycles. The maximum atomic E-state index is 2.47. The Morgan fingerprint density at radius 3 is 1.47 bits per heavy atom. The first-order chi connectivity index (χ1) is 24.0. The summed E-state index contributed by atoms with van der Waals surface area (Å²) in [4.78, 5) is 0. The van der Waals surface area contributed by atoms with E-state index in [1.54, 1.807) is 0 Å². The number of benzene rings is 9. The van der Waals surface area contributed by atoms with Crippen molar-refractivity contribution in [2.24, 2.45) is 0 Å². The Bertz CT molecular complexity index is 2800. The molecule has 0 nitrogen and oxygen atoms in total. The van der Waals surface area contributed by atoms with Crippen molar-refractivity contribution in [2.75, 3.05) is 0 Å². The molecule has 0 radical (unpaired) electrons. The minimum Gasteiger partial charge on any atom is -0.0616 e. The van der Waals surface area contributed by atoms with Crippen LogP contribution in [0.3, 0.4) is 0 Å². The first-order valence-corrected chi connectivity index (χ1v) is 17.3. The molecular formula is C49H34. The molecule has 0 unspecified atom stereocenters. The zero-order valence-electron chi connectivity index (χ0n) is 27.7. The van der Waals surface area contributed by atoms with Crippen LogP contribution in [0.4, 0.5) is 0 Å². The highest BCUT2D eigenvalue weighted by molar-refractivity contribution is 6.15. The van der Waals surface area contributed by atoms with Gasteiger partial charge in [-0.1, -0.05) is 147 Å². The third kappa shape index (κ3) is 4.31. The van der Waals surface area contributed by atoms with Crippen LogP contribution in [0.1, 0.15) is 25.0 Å². The third-order valence-corrected chi connectivity index (χ3v) is 11.0. The summed E-state index contributed by atoms with van der Waals surface area (Å²) in [6.07, 6.45) is 0. The molecule has 0 bridgehead atoms. The van der Waals surface area contributed by atoms with Crippen LogP contribution in [-0.4, -0.2) is 0 Å². The molecule has 9 aromatic rings. The van der Waals surface area contributed by atoms with Crippen molar-refractivity contribution in [2.45, 2.75) is 19.3 Å². The van der Waals surface area contributed by atoms with Crippen molar-refractivity contribution >= 4 is 43.1 Å². The molecule has 0 amide bonds. The molecule has 0 heteroatoms. The minimum atomic E-state index is -0.139. The maximum absolute atomic E-state index is 2.47. The Balaban J connectivity index is 1.15. The molecule has 0 heterocycles. The van der Waals surface area contributed by atoms with E-state index < -0.39 is 0 Å². The van der Waals surface area contributed by atoms with Crippen molar-refractivity contribution in [1.82, 2.24) is 0 Å². The van der Waals surface area contributed by atoms with E-state index in [2.05, 4.69) is 184 Å². The predicted octanol–water partition coefficient (Wildman–Crippen LogP) is 13.6. The largest absolute Gasteiger partial charge is 0.0616 e. The van der Waals surface area contributed by atoms with Crippen molar-refractivity contribution < 1.29 is 0 Å². The quantitative estimate of drug-likeness (QED) is 0.172. The molecule has 0 N–H and O–H groups in total. The lowest BCUT2D eigenvalue weighted by Crippen LogP contribution is -2.15. The molecule has 0 aromatic heterocycles. The average Bonchev–Trinajstić information content (AvgIpc) is 3.38. The van der Waals surface area contributed by atoms with Gasteiger partial charge in [0, 0.05) is 5.41 Å². The third-order valence-electron chi connectivity index (χ3n) is 11.0. The number of fused-ring (bicyclic) bond motifs is 8. The van der Waals surface area contributed by atoms with Gasteiger partial charge in [-0.3, -0.25) is 0 Å². The number of hydrogen-bond acceptors (Lipinski definition) is 0. The van der Waals surface area contributed by atoms with Crippen LogP contribution in [0.5, 0.6) is 0 Å². The fraction of sp³-hybridized carbons (Fsp3) is 0.0612. The number of hydrogen-bond donors (Lipinski definition) is 0. The summed E-state index contributed by atoms with van der Waals surface area (Å²) >= 11 is 0. The van der Waals surface area contributed by atoms with Gasteiger partial charge in [-0.15, -0.1) is 0 Å². The smallest absolute Gasteiger partial charge is 0.0159 e. The first kappa shape index (κ1) is 28.1. The Labute approximate surface area is 286 Å².